The molecule has 0 aliphatic heterocycles. The number of amides is 3. The maximum absolute atomic E-state index is 12.3. The molecule has 3 aromatic carbocycles. The van der Waals surface area contributed by atoms with Gasteiger partial charge in [0.15, 0.2) is 5.13 Å². The van der Waals surface area contributed by atoms with Crippen LogP contribution in [-0.2, 0) is 4.74 Å². The number of nitrogens with one attached hydrogen (secondary N) is 3. The summed E-state index contributed by atoms with van der Waals surface area (Å²) in [5.41, 5.74) is 2.66. The van der Waals surface area contributed by atoms with Crippen molar-refractivity contribution in [2.45, 2.75) is 0 Å². The molecule has 160 valence electrons. The average molecular weight is 446 g/mol. The second kappa shape index (κ2) is 9.27. The Morgan fingerprint density at radius 3 is 2.22 bits per heavy atom. The maximum atomic E-state index is 12.3. The zero-order valence-electron chi connectivity index (χ0n) is 16.9. The monoisotopic (exact) mass is 446 g/mol. The molecule has 0 saturated carbocycles. The van der Waals surface area contributed by atoms with E-state index in [1.807, 2.05) is 12.1 Å². The zero-order chi connectivity index (χ0) is 22.5. The number of carbonyl (C=O) groups excluding carboxylic acids is 3. The Labute approximate surface area is 187 Å². The number of esters is 1. The first-order chi connectivity index (χ1) is 15.5. The van der Waals surface area contributed by atoms with Gasteiger partial charge < -0.3 is 15.4 Å². The van der Waals surface area contributed by atoms with Crippen molar-refractivity contribution in [1.29, 1.82) is 0 Å². The molecule has 4 rings (SSSR count). The Kier molecular flexibility index (Phi) is 6.09. The van der Waals surface area contributed by atoms with Gasteiger partial charge in [-0.1, -0.05) is 29.5 Å². The van der Waals surface area contributed by atoms with Gasteiger partial charge in [-0.25, -0.2) is 14.6 Å². The lowest BCUT2D eigenvalue weighted by Gasteiger charge is -2.08. The van der Waals surface area contributed by atoms with Crippen LogP contribution in [-0.4, -0.2) is 30.0 Å². The van der Waals surface area contributed by atoms with Crippen molar-refractivity contribution in [3.63, 3.8) is 0 Å². The normalized spacial score (nSPS) is 10.4. The first kappa shape index (κ1) is 21.0. The van der Waals surface area contributed by atoms with E-state index in [1.165, 1.54) is 18.4 Å². The minimum absolute atomic E-state index is 0.236. The maximum Gasteiger partial charge on any atom is 0.337 e. The van der Waals surface area contributed by atoms with Gasteiger partial charge in [0.2, 0.25) is 0 Å². The summed E-state index contributed by atoms with van der Waals surface area (Å²) in [7, 11) is 1.31. The van der Waals surface area contributed by atoms with Gasteiger partial charge in [-0.05, 0) is 54.6 Å². The number of hydrogen-bond acceptors (Lipinski definition) is 6. The van der Waals surface area contributed by atoms with Crippen molar-refractivity contribution in [1.82, 2.24) is 4.98 Å². The molecule has 0 spiro atoms. The third-order valence-electron chi connectivity index (χ3n) is 4.47. The van der Waals surface area contributed by atoms with Gasteiger partial charge in [-0.2, -0.15) is 0 Å². The van der Waals surface area contributed by atoms with Gasteiger partial charge in [0.05, 0.1) is 22.9 Å². The van der Waals surface area contributed by atoms with Crippen LogP contribution in [0.1, 0.15) is 20.7 Å². The third-order valence-corrected chi connectivity index (χ3v) is 5.42. The van der Waals surface area contributed by atoms with E-state index < -0.39 is 12.0 Å². The van der Waals surface area contributed by atoms with Crippen LogP contribution in [0.3, 0.4) is 0 Å². The SMILES string of the molecule is COC(=O)c1ccc(NC(=O)Nc2ccc3sc(NC(=O)c4ccccc4)nc3c2)cc1. The molecule has 3 amide bonds. The summed E-state index contributed by atoms with van der Waals surface area (Å²) in [6.45, 7) is 0. The van der Waals surface area contributed by atoms with Crippen LogP contribution in [0.2, 0.25) is 0 Å². The number of benzene rings is 3. The molecule has 3 N–H and O–H groups in total. The van der Waals surface area contributed by atoms with Crippen LogP contribution in [0, 0.1) is 0 Å². The lowest BCUT2D eigenvalue weighted by atomic mass is 10.2. The number of ether oxygens (including phenoxy) is 1. The molecule has 1 aromatic heterocycles. The largest absolute Gasteiger partial charge is 0.465 e. The lowest BCUT2D eigenvalue weighted by Crippen LogP contribution is -2.19. The molecule has 9 heteroatoms. The Bertz CT molecular complexity index is 1290. The van der Waals surface area contributed by atoms with Gasteiger partial charge >= 0.3 is 12.0 Å². The molecule has 0 saturated heterocycles. The van der Waals surface area contributed by atoms with E-state index in [0.717, 1.165) is 4.70 Å². The molecule has 0 unspecified atom stereocenters. The van der Waals surface area contributed by atoms with Crippen LogP contribution in [0.25, 0.3) is 10.2 Å². The van der Waals surface area contributed by atoms with Gasteiger partial charge in [-0.15, -0.1) is 0 Å². The molecule has 1 heterocycles. The van der Waals surface area contributed by atoms with E-state index in [4.69, 9.17) is 0 Å². The summed E-state index contributed by atoms with van der Waals surface area (Å²) in [5.74, 6) is -0.683. The number of hydrogen-bond donors (Lipinski definition) is 3. The fraction of sp³-hybridized carbons (Fsp3) is 0.0435. The number of aromatic nitrogens is 1. The quantitative estimate of drug-likeness (QED) is 0.375. The number of fused-ring (bicyclic) bond motifs is 1. The molecule has 4 aromatic rings. The van der Waals surface area contributed by atoms with Crippen molar-refractivity contribution in [3.05, 3.63) is 83.9 Å². The molecule has 0 bridgehead atoms. The van der Waals surface area contributed by atoms with Crippen molar-refractivity contribution in [2.24, 2.45) is 0 Å². The predicted octanol–water partition coefficient (Wildman–Crippen LogP) is 4.98. The summed E-state index contributed by atoms with van der Waals surface area (Å²) in [6, 6.07) is 20.1. The molecule has 8 nitrogen and oxygen atoms in total. The highest BCUT2D eigenvalue weighted by Crippen LogP contribution is 2.28. The Balaban J connectivity index is 1.40. The van der Waals surface area contributed by atoms with E-state index in [0.29, 0.717) is 33.1 Å². The number of carbonyl (C=O) groups is 3. The molecule has 0 fully saturated rings. The van der Waals surface area contributed by atoms with Crippen LogP contribution in [0.15, 0.2) is 72.8 Å². The van der Waals surface area contributed by atoms with Gasteiger partial charge in [0.25, 0.3) is 5.91 Å². The van der Waals surface area contributed by atoms with Crippen molar-refractivity contribution in [2.75, 3.05) is 23.1 Å². The third kappa shape index (κ3) is 4.90. The highest BCUT2D eigenvalue weighted by Gasteiger charge is 2.11. The Morgan fingerprint density at radius 2 is 1.50 bits per heavy atom. The molecule has 32 heavy (non-hydrogen) atoms. The van der Waals surface area contributed by atoms with E-state index in [2.05, 4.69) is 25.7 Å². The highest BCUT2D eigenvalue weighted by molar-refractivity contribution is 7.22. The topological polar surface area (TPSA) is 109 Å². The molecule has 0 radical (unpaired) electrons. The summed E-state index contributed by atoms with van der Waals surface area (Å²) < 4.78 is 5.52. The van der Waals surface area contributed by atoms with Crippen LogP contribution < -0.4 is 16.0 Å². The molecular weight excluding hydrogens is 428 g/mol. The molecular formula is C23H18N4O4S. The van der Waals surface area contributed by atoms with Crippen molar-refractivity contribution < 1.29 is 19.1 Å². The van der Waals surface area contributed by atoms with Crippen LogP contribution in [0.5, 0.6) is 0 Å². The molecule has 0 aliphatic carbocycles. The smallest absolute Gasteiger partial charge is 0.337 e. The summed E-state index contributed by atoms with van der Waals surface area (Å²) in [5, 5.41) is 8.70. The number of anilines is 3. The van der Waals surface area contributed by atoms with Gasteiger partial charge in [0, 0.05) is 16.9 Å². The van der Waals surface area contributed by atoms with Crippen molar-refractivity contribution in [3.8, 4) is 0 Å². The minimum Gasteiger partial charge on any atom is -0.465 e. The van der Waals surface area contributed by atoms with Crippen molar-refractivity contribution >= 4 is 56.0 Å². The van der Waals surface area contributed by atoms with E-state index >= 15 is 0 Å². The van der Waals surface area contributed by atoms with E-state index in [9.17, 15) is 14.4 Å². The Morgan fingerprint density at radius 1 is 0.812 bits per heavy atom. The lowest BCUT2D eigenvalue weighted by molar-refractivity contribution is 0.0600. The van der Waals surface area contributed by atoms with E-state index in [1.54, 1.807) is 60.7 Å². The number of methoxy groups -OCH3 is 1. The molecule has 0 atom stereocenters. The molecule has 0 aliphatic rings. The number of nitrogens with zero attached hydrogens (tertiary/aromatic N) is 1. The minimum atomic E-state index is -0.447. The van der Waals surface area contributed by atoms with Crippen LogP contribution >= 0.6 is 11.3 Å². The fourth-order valence-corrected chi connectivity index (χ4v) is 3.76. The predicted molar refractivity (Wildman–Crippen MR) is 124 cm³/mol. The van der Waals surface area contributed by atoms with Gasteiger partial charge in [-0.3, -0.25) is 10.1 Å². The number of urea groups is 1. The second-order valence-corrected chi connectivity index (χ2v) is 7.70. The zero-order valence-corrected chi connectivity index (χ0v) is 17.7. The summed E-state index contributed by atoms with van der Waals surface area (Å²) in [6.07, 6.45) is 0. The summed E-state index contributed by atoms with van der Waals surface area (Å²) in [4.78, 5) is 40.5. The number of rotatable bonds is 5. The van der Waals surface area contributed by atoms with Gasteiger partial charge in [0.1, 0.15) is 0 Å². The van der Waals surface area contributed by atoms with Crippen LogP contribution in [0.4, 0.5) is 21.3 Å². The van der Waals surface area contributed by atoms with E-state index in [-0.39, 0.29) is 5.91 Å². The standard InChI is InChI=1S/C23H18N4O4S/c1-31-21(29)15-7-9-16(10-8-15)24-22(30)25-17-11-12-19-18(13-17)26-23(32-19)27-20(28)14-5-3-2-4-6-14/h2-13H,1H3,(H2,24,25,30)(H,26,27,28). The summed E-state index contributed by atoms with van der Waals surface area (Å²) >= 11 is 1.35. The second-order valence-electron chi connectivity index (χ2n) is 6.67. The Hall–Kier alpha value is -4.24. The highest BCUT2D eigenvalue weighted by atomic mass is 32.1. The number of thiazole rings is 1. The average Bonchev–Trinajstić information content (AvgIpc) is 3.21. The fourth-order valence-electron chi connectivity index (χ4n) is 2.92. The first-order valence-corrected chi connectivity index (χ1v) is 10.4. The first-order valence-electron chi connectivity index (χ1n) is 9.55.